The monoisotopic (exact) mass is 346 g/mol. The molecule has 2 aromatic carbocycles. The number of halogens is 1. The summed E-state index contributed by atoms with van der Waals surface area (Å²) >= 11 is 4.90. The lowest BCUT2D eigenvalue weighted by Crippen LogP contribution is -2.25. The van der Waals surface area contributed by atoms with Crippen molar-refractivity contribution in [3.63, 3.8) is 0 Å². The summed E-state index contributed by atoms with van der Waals surface area (Å²) in [5.74, 6) is -0.0645. The predicted octanol–water partition coefficient (Wildman–Crippen LogP) is 4.34. The maximum absolute atomic E-state index is 12.4. The van der Waals surface area contributed by atoms with Gasteiger partial charge in [0.25, 0.3) is 5.91 Å². The average Bonchev–Trinajstić information content (AvgIpc) is 2.89. The molecule has 20 heavy (non-hydrogen) atoms. The van der Waals surface area contributed by atoms with Crippen molar-refractivity contribution in [3.8, 4) is 0 Å². The van der Waals surface area contributed by atoms with Crippen LogP contribution in [-0.4, -0.2) is 17.9 Å². The standard InChI is InChI=1S/C15H11BrN2OS/c1-18(14(19)10-5-4-6-11(16)9-10)15-17-12-7-2-3-8-13(12)20-15/h2-9H,1H3. The second-order valence-corrected chi connectivity index (χ2v) is 6.26. The normalized spacial score (nSPS) is 10.7. The fourth-order valence-corrected chi connectivity index (χ4v) is 3.23. The van der Waals surface area contributed by atoms with Crippen LogP contribution in [0.2, 0.25) is 0 Å². The number of thiazole rings is 1. The fourth-order valence-electron chi connectivity index (χ4n) is 1.91. The quantitative estimate of drug-likeness (QED) is 0.691. The van der Waals surface area contributed by atoms with E-state index in [0.29, 0.717) is 10.7 Å². The lowest BCUT2D eigenvalue weighted by molar-refractivity contribution is 0.0993. The summed E-state index contributed by atoms with van der Waals surface area (Å²) in [6.45, 7) is 0. The van der Waals surface area contributed by atoms with Crippen molar-refractivity contribution < 1.29 is 4.79 Å². The first-order chi connectivity index (χ1) is 9.65. The van der Waals surface area contributed by atoms with Gasteiger partial charge in [-0.05, 0) is 30.3 Å². The van der Waals surface area contributed by atoms with Gasteiger partial charge in [-0.15, -0.1) is 0 Å². The van der Waals surface area contributed by atoms with Crippen LogP contribution < -0.4 is 4.90 Å². The molecule has 0 saturated carbocycles. The Morgan fingerprint density at radius 3 is 2.75 bits per heavy atom. The number of benzene rings is 2. The van der Waals surface area contributed by atoms with E-state index in [-0.39, 0.29) is 5.91 Å². The van der Waals surface area contributed by atoms with Crippen molar-refractivity contribution in [2.24, 2.45) is 0 Å². The molecule has 0 aliphatic carbocycles. The number of carbonyl (C=O) groups excluding carboxylic acids is 1. The summed E-state index contributed by atoms with van der Waals surface area (Å²) in [5.41, 5.74) is 1.56. The van der Waals surface area contributed by atoms with Crippen LogP contribution in [0.15, 0.2) is 53.0 Å². The first-order valence-corrected chi connectivity index (χ1v) is 7.65. The van der Waals surface area contributed by atoms with E-state index in [1.165, 1.54) is 11.3 Å². The molecule has 0 aliphatic rings. The Balaban J connectivity index is 1.95. The maximum atomic E-state index is 12.4. The molecule has 100 valence electrons. The highest BCUT2D eigenvalue weighted by Crippen LogP contribution is 2.28. The molecule has 0 spiro atoms. The van der Waals surface area contributed by atoms with Crippen molar-refractivity contribution in [2.75, 3.05) is 11.9 Å². The van der Waals surface area contributed by atoms with Gasteiger partial charge in [-0.2, -0.15) is 0 Å². The van der Waals surface area contributed by atoms with Crippen molar-refractivity contribution >= 4 is 48.5 Å². The molecule has 0 atom stereocenters. The minimum Gasteiger partial charge on any atom is -0.287 e. The largest absolute Gasteiger partial charge is 0.287 e. The Morgan fingerprint density at radius 1 is 1.20 bits per heavy atom. The number of nitrogens with zero attached hydrogens (tertiary/aromatic N) is 2. The SMILES string of the molecule is CN(C(=O)c1cccc(Br)c1)c1nc2ccccc2s1. The van der Waals surface area contributed by atoms with Crippen LogP contribution in [0.4, 0.5) is 5.13 Å². The predicted molar refractivity (Wildman–Crippen MR) is 86.5 cm³/mol. The van der Waals surface area contributed by atoms with E-state index in [1.807, 2.05) is 42.5 Å². The molecule has 0 unspecified atom stereocenters. The highest BCUT2D eigenvalue weighted by atomic mass is 79.9. The van der Waals surface area contributed by atoms with Crippen LogP contribution in [0.3, 0.4) is 0 Å². The van der Waals surface area contributed by atoms with Crippen LogP contribution in [-0.2, 0) is 0 Å². The van der Waals surface area contributed by atoms with Gasteiger partial charge in [-0.1, -0.05) is 45.5 Å². The second kappa shape index (κ2) is 5.34. The lowest BCUT2D eigenvalue weighted by Gasteiger charge is -2.13. The van der Waals surface area contributed by atoms with E-state index in [0.717, 1.165) is 14.7 Å². The van der Waals surface area contributed by atoms with E-state index < -0.39 is 0 Å². The third kappa shape index (κ3) is 2.46. The Labute approximate surface area is 129 Å². The van der Waals surface area contributed by atoms with E-state index in [4.69, 9.17) is 0 Å². The van der Waals surface area contributed by atoms with Gasteiger partial charge in [0.05, 0.1) is 10.2 Å². The summed E-state index contributed by atoms with van der Waals surface area (Å²) in [6, 6.07) is 15.2. The zero-order valence-electron chi connectivity index (χ0n) is 10.7. The van der Waals surface area contributed by atoms with Gasteiger partial charge in [0.15, 0.2) is 5.13 Å². The van der Waals surface area contributed by atoms with Gasteiger partial charge in [-0.3, -0.25) is 9.69 Å². The molecule has 0 bridgehead atoms. The second-order valence-electron chi connectivity index (χ2n) is 4.34. The Bertz CT molecular complexity index is 751. The van der Waals surface area contributed by atoms with Crippen LogP contribution in [0.1, 0.15) is 10.4 Å². The molecule has 0 radical (unpaired) electrons. The number of rotatable bonds is 2. The first kappa shape index (κ1) is 13.3. The van der Waals surface area contributed by atoms with E-state index >= 15 is 0 Å². The van der Waals surface area contributed by atoms with Gasteiger partial charge in [-0.25, -0.2) is 4.98 Å². The number of carbonyl (C=O) groups is 1. The smallest absolute Gasteiger partial charge is 0.259 e. The topological polar surface area (TPSA) is 33.2 Å². The number of hydrogen-bond donors (Lipinski definition) is 0. The van der Waals surface area contributed by atoms with Crippen LogP contribution in [0.25, 0.3) is 10.2 Å². The lowest BCUT2D eigenvalue weighted by atomic mass is 10.2. The van der Waals surface area contributed by atoms with Crippen molar-refractivity contribution in [3.05, 3.63) is 58.6 Å². The molecule has 3 nitrogen and oxygen atoms in total. The number of aromatic nitrogens is 1. The Kier molecular flexibility index (Phi) is 3.54. The number of para-hydroxylation sites is 1. The average molecular weight is 347 g/mol. The Morgan fingerprint density at radius 2 is 2.00 bits per heavy atom. The number of amides is 1. The molecular weight excluding hydrogens is 336 g/mol. The number of fused-ring (bicyclic) bond motifs is 1. The molecule has 1 aromatic heterocycles. The minimum atomic E-state index is -0.0645. The highest BCUT2D eigenvalue weighted by molar-refractivity contribution is 9.10. The van der Waals surface area contributed by atoms with Gasteiger partial charge in [0.2, 0.25) is 0 Å². The zero-order valence-corrected chi connectivity index (χ0v) is 13.1. The molecule has 5 heteroatoms. The van der Waals surface area contributed by atoms with E-state index in [1.54, 1.807) is 18.0 Å². The third-order valence-corrected chi connectivity index (χ3v) is 4.55. The molecule has 0 N–H and O–H groups in total. The molecule has 3 aromatic rings. The Hall–Kier alpha value is -1.72. The first-order valence-electron chi connectivity index (χ1n) is 6.04. The van der Waals surface area contributed by atoms with Crippen molar-refractivity contribution in [1.29, 1.82) is 0 Å². The zero-order chi connectivity index (χ0) is 14.1. The fraction of sp³-hybridized carbons (Fsp3) is 0.0667. The summed E-state index contributed by atoms with van der Waals surface area (Å²) < 4.78 is 1.97. The summed E-state index contributed by atoms with van der Waals surface area (Å²) in [4.78, 5) is 18.5. The van der Waals surface area contributed by atoms with E-state index in [2.05, 4.69) is 20.9 Å². The van der Waals surface area contributed by atoms with Crippen LogP contribution in [0.5, 0.6) is 0 Å². The van der Waals surface area contributed by atoms with Gasteiger partial charge < -0.3 is 0 Å². The summed E-state index contributed by atoms with van der Waals surface area (Å²) in [7, 11) is 1.75. The molecular formula is C15H11BrN2OS. The molecule has 1 heterocycles. The van der Waals surface area contributed by atoms with Crippen LogP contribution in [0, 0.1) is 0 Å². The van der Waals surface area contributed by atoms with Gasteiger partial charge in [0, 0.05) is 17.1 Å². The molecule has 0 saturated heterocycles. The van der Waals surface area contributed by atoms with Crippen molar-refractivity contribution in [1.82, 2.24) is 4.98 Å². The molecule has 3 rings (SSSR count). The number of anilines is 1. The highest BCUT2D eigenvalue weighted by Gasteiger charge is 2.17. The summed E-state index contributed by atoms with van der Waals surface area (Å²) in [5, 5.41) is 0.705. The third-order valence-electron chi connectivity index (χ3n) is 2.95. The van der Waals surface area contributed by atoms with Gasteiger partial charge in [0.1, 0.15) is 0 Å². The number of hydrogen-bond acceptors (Lipinski definition) is 3. The van der Waals surface area contributed by atoms with Crippen LogP contribution >= 0.6 is 27.3 Å². The molecule has 0 fully saturated rings. The van der Waals surface area contributed by atoms with Gasteiger partial charge >= 0.3 is 0 Å². The molecule has 1 amide bonds. The minimum absolute atomic E-state index is 0.0645. The maximum Gasteiger partial charge on any atom is 0.259 e. The molecule has 0 aliphatic heterocycles. The summed E-state index contributed by atoms with van der Waals surface area (Å²) in [6.07, 6.45) is 0. The van der Waals surface area contributed by atoms with E-state index in [9.17, 15) is 4.79 Å². The van der Waals surface area contributed by atoms with Crippen molar-refractivity contribution in [2.45, 2.75) is 0 Å².